The van der Waals surface area contributed by atoms with Crippen LogP contribution in [0.15, 0.2) is 36.4 Å². The molecule has 3 fully saturated rings. The van der Waals surface area contributed by atoms with Crippen molar-refractivity contribution in [1.29, 1.82) is 0 Å². The van der Waals surface area contributed by atoms with Gasteiger partial charge in [-0.2, -0.15) is 13.2 Å². The number of nitrogens with one attached hydrogen (secondary N) is 2. The number of alkyl halides is 3. The summed E-state index contributed by atoms with van der Waals surface area (Å²) in [4.78, 5) is 26.8. The summed E-state index contributed by atoms with van der Waals surface area (Å²) in [5.74, 6) is 2.19. The molecule has 3 aliphatic carbocycles. The molecule has 2 N–H and O–H groups in total. The SMILES string of the molecule is CN1C(=O)C=C[C@]2(C)[C@H]3CC[C@]4(C)[C@@H](CNC(=O)Nc5cccc(C(F)(F)F)c5)CC[C@H]4[C@@H]3CC[C@@H]12. The van der Waals surface area contributed by atoms with Gasteiger partial charge in [-0.1, -0.05) is 26.0 Å². The lowest BCUT2D eigenvalue weighted by Gasteiger charge is -2.60. The second kappa shape index (κ2) is 8.80. The second-order valence-corrected chi connectivity index (χ2v) is 11.9. The van der Waals surface area contributed by atoms with Gasteiger partial charge in [0.25, 0.3) is 0 Å². The highest BCUT2D eigenvalue weighted by Crippen LogP contribution is 2.65. The van der Waals surface area contributed by atoms with Crippen LogP contribution in [0.3, 0.4) is 0 Å². The predicted molar refractivity (Wildman–Crippen MR) is 132 cm³/mol. The molecule has 0 spiro atoms. The Morgan fingerprint density at radius 3 is 2.64 bits per heavy atom. The molecule has 5 nitrogen and oxygen atoms in total. The second-order valence-electron chi connectivity index (χ2n) is 11.9. The lowest BCUT2D eigenvalue weighted by Crippen LogP contribution is -2.59. The Kier molecular flexibility index (Phi) is 6.15. The van der Waals surface area contributed by atoms with E-state index < -0.39 is 17.8 Å². The largest absolute Gasteiger partial charge is 0.416 e. The Morgan fingerprint density at radius 1 is 1.11 bits per heavy atom. The monoisotopic (exact) mass is 503 g/mol. The van der Waals surface area contributed by atoms with Crippen LogP contribution in [-0.2, 0) is 11.0 Å². The lowest BCUT2D eigenvalue weighted by molar-refractivity contribution is -0.139. The number of likely N-dealkylation sites (N-methyl/N-ethyl adjacent to an activating group) is 1. The Labute approximate surface area is 210 Å². The van der Waals surface area contributed by atoms with E-state index in [-0.39, 0.29) is 28.5 Å². The van der Waals surface area contributed by atoms with Crippen LogP contribution >= 0.6 is 0 Å². The van der Waals surface area contributed by atoms with Crippen LogP contribution in [0, 0.1) is 34.5 Å². The lowest BCUT2D eigenvalue weighted by atomic mass is 9.47. The summed E-state index contributed by atoms with van der Waals surface area (Å²) < 4.78 is 38.9. The van der Waals surface area contributed by atoms with Gasteiger partial charge in [-0.3, -0.25) is 4.79 Å². The zero-order valence-corrected chi connectivity index (χ0v) is 21.2. The van der Waals surface area contributed by atoms with Crippen LogP contribution < -0.4 is 10.6 Å². The fourth-order valence-electron chi connectivity index (χ4n) is 8.35. The summed E-state index contributed by atoms with van der Waals surface area (Å²) >= 11 is 0. The summed E-state index contributed by atoms with van der Waals surface area (Å²) in [5.41, 5.74) is -0.510. The number of benzene rings is 1. The van der Waals surface area contributed by atoms with E-state index in [1.807, 2.05) is 11.9 Å². The molecular formula is C28H36F3N3O2. The molecule has 3 amide bonds. The summed E-state index contributed by atoms with van der Waals surface area (Å²) in [6.07, 6.45) is 6.04. The van der Waals surface area contributed by atoms with E-state index in [0.29, 0.717) is 30.2 Å². The van der Waals surface area contributed by atoms with Crippen molar-refractivity contribution >= 4 is 17.6 Å². The molecule has 0 radical (unpaired) electrons. The molecule has 7 atom stereocenters. The summed E-state index contributed by atoms with van der Waals surface area (Å²) in [6.45, 7) is 5.23. The third kappa shape index (κ3) is 4.10. The van der Waals surface area contributed by atoms with E-state index in [4.69, 9.17) is 0 Å². The molecule has 0 unspecified atom stereocenters. The molecule has 1 aromatic rings. The number of anilines is 1. The van der Waals surface area contributed by atoms with Gasteiger partial charge in [0.15, 0.2) is 0 Å². The third-order valence-electron chi connectivity index (χ3n) is 10.3. The van der Waals surface area contributed by atoms with E-state index in [2.05, 4.69) is 30.6 Å². The Bertz CT molecular complexity index is 1070. The van der Waals surface area contributed by atoms with Crippen LogP contribution in [0.25, 0.3) is 0 Å². The molecule has 1 aromatic carbocycles. The van der Waals surface area contributed by atoms with Gasteiger partial charge in [-0.25, -0.2) is 4.79 Å². The minimum atomic E-state index is -4.45. The number of carbonyl (C=O) groups is 2. The number of urea groups is 1. The molecule has 4 aliphatic rings. The van der Waals surface area contributed by atoms with Crippen molar-refractivity contribution in [2.75, 3.05) is 18.9 Å². The molecular weight excluding hydrogens is 467 g/mol. The Balaban J connectivity index is 1.23. The maximum Gasteiger partial charge on any atom is 0.416 e. The molecule has 8 heteroatoms. The smallest absolute Gasteiger partial charge is 0.338 e. The van der Waals surface area contributed by atoms with E-state index in [1.54, 1.807) is 6.08 Å². The minimum absolute atomic E-state index is 0.00802. The number of hydrogen-bond donors (Lipinski definition) is 2. The first-order valence-electron chi connectivity index (χ1n) is 13.1. The van der Waals surface area contributed by atoms with Crippen LogP contribution in [-0.4, -0.2) is 36.5 Å². The van der Waals surface area contributed by atoms with Crippen LogP contribution in [0.4, 0.5) is 23.7 Å². The van der Waals surface area contributed by atoms with Crippen molar-refractivity contribution in [3.8, 4) is 0 Å². The Hall–Kier alpha value is -2.51. The van der Waals surface area contributed by atoms with Gasteiger partial charge in [0.2, 0.25) is 5.91 Å². The van der Waals surface area contributed by atoms with Crippen molar-refractivity contribution in [2.45, 2.75) is 64.6 Å². The van der Waals surface area contributed by atoms with Gasteiger partial charge in [-0.15, -0.1) is 0 Å². The number of amides is 3. The molecule has 1 aliphatic heterocycles. The molecule has 0 saturated heterocycles. The number of hydrogen-bond acceptors (Lipinski definition) is 2. The number of fused-ring (bicyclic) bond motifs is 5. The first-order chi connectivity index (χ1) is 16.9. The highest BCUT2D eigenvalue weighted by atomic mass is 19.4. The minimum Gasteiger partial charge on any atom is -0.338 e. The van der Waals surface area contributed by atoms with Crippen molar-refractivity contribution in [2.24, 2.45) is 34.5 Å². The van der Waals surface area contributed by atoms with Gasteiger partial charge in [0.05, 0.1) is 5.56 Å². The quantitative estimate of drug-likeness (QED) is 0.525. The molecule has 0 aromatic heterocycles. The summed E-state index contributed by atoms with van der Waals surface area (Å²) in [7, 11) is 1.93. The van der Waals surface area contributed by atoms with Crippen LogP contribution in [0.2, 0.25) is 0 Å². The molecule has 0 bridgehead atoms. The average Bonchev–Trinajstić information content (AvgIpc) is 3.16. The molecule has 196 valence electrons. The molecule has 1 heterocycles. The third-order valence-corrected chi connectivity index (χ3v) is 10.3. The summed E-state index contributed by atoms with van der Waals surface area (Å²) in [5, 5.41) is 5.50. The first-order valence-corrected chi connectivity index (χ1v) is 13.1. The average molecular weight is 504 g/mol. The number of nitrogens with zero attached hydrogens (tertiary/aromatic N) is 1. The highest BCUT2D eigenvalue weighted by Gasteiger charge is 2.60. The standard InChI is InChI=1S/C28H36F3N3O2/c1-26-13-11-22-20(8-10-23-27(22,2)14-12-24(35)34(23)3)21(26)9-7-18(26)16-32-25(36)33-19-6-4-5-17(15-19)28(29,30)31/h4-6,12,14-15,18,20-23H,7-11,13,16H2,1-3H3,(H2,32,33,36)/t18-,20+,21+,22+,23-,26-,27-/m1/s1. The van der Waals surface area contributed by atoms with Gasteiger partial charge in [0.1, 0.15) is 0 Å². The topological polar surface area (TPSA) is 61.4 Å². The number of rotatable bonds is 3. The highest BCUT2D eigenvalue weighted by molar-refractivity contribution is 5.89. The maximum absolute atomic E-state index is 13.0. The van der Waals surface area contributed by atoms with Gasteiger partial charge in [0, 0.05) is 30.7 Å². The van der Waals surface area contributed by atoms with E-state index in [9.17, 15) is 22.8 Å². The zero-order chi connectivity index (χ0) is 25.9. The Morgan fingerprint density at radius 2 is 1.89 bits per heavy atom. The normalized spacial score (nSPS) is 37.7. The summed E-state index contributed by atoms with van der Waals surface area (Å²) in [6, 6.07) is 4.50. The van der Waals surface area contributed by atoms with Gasteiger partial charge in [-0.05, 0) is 91.9 Å². The molecule has 36 heavy (non-hydrogen) atoms. The number of halogens is 3. The number of carbonyl (C=O) groups excluding carboxylic acids is 2. The van der Waals surface area contributed by atoms with Crippen molar-refractivity contribution in [3.63, 3.8) is 0 Å². The van der Waals surface area contributed by atoms with Crippen molar-refractivity contribution in [3.05, 3.63) is 42.0 Å². The zero-order valence-electron chi connectivity index (χ0n) is 21.2. The van der Waals surface area contributed by atoms with Gasteiger partial charge >= 0.3 is 12.2 Å². The fraction of sp³-hybridized carbons (Fsp3) is 0.643. The predicted octanol–water partition coefficient (Wildman–Crippen LogP) is 6.08. The van der Waals surface area contributed by atoms with Crippen LogP contribution in [0.1, 0.15) is 57.9 Å². The van der Waals surface area contributed by atoms with Crippen LogP contribution in [0.5, 0.6) is 0 Å². The van der Waals surface area contributed by atoms with E-state index in [1.165, 1.54) is 12.1 Å². The van der Waals surface area contributed by atoms with Crippen molar-refractivity contribution < 1.29 is 22.8 Å². The van der Waals surface area contributed by atoms with Gasteiger partial charge < -0.3 is 15.5 Å². The van der Waals surface area contributed by atoms with E-state index >= 15 is 0 Å². The fourth-order valence-corrected chi connectivity index (χ4v) is 8.35. The first kappa shape index (κ1) is 25.2. The molecule has 5 rings (SSSR count). The van der Waals surface area contributed by atoms with Crippen molar-refractivity contribution in [1.82, 2.24) is 10.2 Å². The molecule has 3 saturated carbocycles. The maximum atomic E-state index is 13.0. The van der Waals surface area contributed by atoms with E-state index in [0.717, 1.165) is 50.7 Å².